The lowest BCUT2D eigenvalue weighted by atomic mass is 9.85. The number of halogens is 2. The van der Waals surface area contributed by atoms with Gasteiger partial charge in [0.1, 0.15) is 11.9 Å². The van der Waals surface area contributed by atoms with E-state index in [4.69, 9.17) is 11.6 Å². The van der Waals surface area contributed by atoms with Crippen LogP contribution in [0.4, 0.5) is 4.39 Å². The second-order valence-electron chi connectivity index (χ2n) is 10.7. The fourth-order valence-corrected chi connectivity index (χ4v) is 5.72. The maximum absolute atomic E-state index is 14.0. The predicted octanol–water partition coefficient (Wildman–Crippen LogP) is 6.60. The minimum absolute atomic E-state index is 0.235. The number of hydrogen-bond acceptors (Lipinski definition) is 3. The average Bonchev–Trinajstić information content (AvgIpc) is 3.38. The molecule has 0 saturated carbocycles. The van der Waals surface area contributed by atoms with Crippen LogP contribution in [-0.2, 0) is 23.2 Å². The van der Waals surface area contributed by atoms with Crippen LogP contribution in [0.15, 0.2) is 66.7 Å². The smallest absolute Gasteiger partial charge is 0.258 e. The number of hydrogen-bond donors (Lipinski definition) is 1. The van der Waals surface area contributed by atoms with Crippen LogP contribution in [0.3, 0.4) is 0 Å². The third-order valence-electron chi connectivity index (χ3n) is 7.81. The Morgan fingerprint density at radius 3 is 2.66 bits per heavy atom. The summed E-state index contributed by atoms with van der Waals surface area (Å²) in [5.41, 5.74) is 2.61. The van der Waals surface area contributed by atoms with E-state index in [-0.39, 0.29) is 17.6 Å². The summed E-state index contributed by atoms with van der Waals surface area (Å²) in [5.74, 6) is 0.0920. The van der Waals surface area contributed by atoms with Gasteiger partial charge < -0.3 is 10.0 Å². The molecule has 1 fully saturated rings. The van der Waals surface area contributed by atoms with Gasteiger partial charge in [0, 0.05) is 13.1 Å². The Kier molecular flexibility index (Phi) is 8.87. The van der Waals surface area contributed by atoms with Crippen molar-refractivity contribution in [3.05, 3.63) is 105 Å². The number of nitrogens with zero attached hydrogens (tertiary/aromatic N) is 2. The Morgan fingerprint density at radius 1 is 1.18 bits per heavy atom. The van der Waals surface area contributed by atoms with Crippen LogP contribution >= 0.6 is 11.6 Å². The summed E-state index contributed by atoms with van der Waals surface area (Å²) in [6.45, 7) is 4.82. The zero-order chi connectivity index (χ0) is 27.3. The molecule has 0 bridgehead atoms. The number of nitriles is 1. The summed E-state index contributed by atoms with van der Waals surface area (Å²) in [5, 5.41) is 20.7. The van der Waals surface area contributed by atoms with Crippen LogP contribution in [0.5, 0.6) is 0 Å². The summed E-state index contributed by atoms with van der Waals surface area (Å²) >= 11 is 6.30. The molecular weight excluding hydrogens is 499 g/mol. The summed E-state index contributed by atoms with van der Waals surface area (Å²) in [6, 6.07) is 21.6. The van der Waals surface area contributed by atoms with Crippen molar-refractivity contribution in [2.24, 2.45) is 11.8 Å². The summed E-state index contributed by atoms with van der Waals surface area (Å²) < 4.78 is 14.0. The molecule has 3 aromatic carbocycles. The molecule has 0 aliphatic carbocycles. The molecule has 1 aliphatic rings. The minimum atomic E-state index is -1.55. The fourth-order valence-electron chi connectivity index (χ4n) is 5.48. The van der Waals surface area contributed by atoms with Gasteiger partial charge in [-0.05, 0) is 104 Å². The highest BCUT2D eigenvalue weighted by Crippen LogP contribution is 2.31. The highest BCUT2D eigenvalue weighted by atomic mass is 35.5. The number of carbonyl (C=O) groups excluding carboxylic acids is 1. The molecule has 3 aromatic rings. The van der Waals surface area contributed by atoms with Gasteiger partial charge in [0.05, 0.1) is 10.6 Å². The molecule has 0 aromatic heterocycles. The normalized spacial score (nSPS) is 17.6. The van der Waals surface area contributed by atoms with Gasteiger partial charge in [-0.15, -0.1) is 0 Å². The van der Waals surface area contributed by atoms with Crippen molar-refractivity contribution in [2.45, 2.75) is 51.6 Å². The topological polar surface area (TPSA) is 64.3 Å². The van der Waals surface area contributed by atoms with E-state index in [0.29, 0.717) is 35.2 Å². The number of benzene rings is 3. The van der Waals surface area contributed by atoms with Crippen molar-refractivity contribution in [3.63, 3.8) is 0 Å². The van der Waals surface area contributed by atoms with E-state index >= 15 is 0 Å². The van der Waals surface area contributed by atoms with Crippen molar-refractivity contribution in [1.82, 2.24) is 4.90 Å². The number of likely N-dealkylation sites (tertiary alicyclic amines) is 1. The summed E-state index contributed by atoms with van der Waals surface area (Å²) in [7, 11) is 0. The van der Waals surface area contributed by atoms with Crippen molar-refractivity contribution in [3.8, 4) is 6.07 Å². The van der Waals surface area contributed by atoms with Crippen molar-refractivity contribution in [1.29, 1.82) is 5.26 Å². The molecular formula is C32H34ClFN2O2. The van der Waals surface area contributed by atoms with Crippen molar-refractivity contribution >= 4 is 17.5 Å². The van der Waals surface area contributed by atoms with E-state index in [1.165, 1.54) is 6.07 Å². The Labute approximate surface area is 229 Å². The molecule has 1 heterocycles. The molecule has 38 heavy (non-hydrogen) atoms. The van der Waals surface area contributed by atoms with Crippen LogP contribution in [0.2, 0.25) is 5.02 Å². The van der Waals surface area contributed by atoms with Gasteiger partial charge in [0.2, 0.25) is 0 Å². The second kappa shape index (κ2) is 12.1. The summed E-state index contributed by atoms with van der Waals surface area (Å²) in [6.07, 6.45) is 4.24. The molecule has 4 nitrogen and oxygen atoms in total. The van der Waals surface area contributed by atoms with Gasteiger partial charge in [0.25, 0.3) is 5.91 Å². The second-order valence-corrected chi connectivity index (χ2v) is 11.1. The van der Waals surface area contributed by atoms with Crippen molar-refractivity contribution in [2.75, 3.05) is 13.1 Å². The molecule has 1 saturated heterocycles. The van der Waals surface area contributed by atoms with E-state index in [0.717, 1.165) is 48.8 Å². The first-order chi connectivity index (χ1) is 18.2. The van der Waals surface area contributed by atoms with Crippen LogP contribution in [0.1, 0.15) is 54.0 Å². The van der Waals surface area contributed by atoms with E-state index < -0.39 is 5.60 Å². The molecule has 1 unspecified atom stereocenters. The minimum Gasteiger partial charge on any atom is -0.376 e. The molecule has 0 radical (unpaired) electrons. The van der Waals surface area contributed by atoms with Gasteiger partial charge in [-0.2, -0.15) is 5.26 Å². The third-order valence-corrected chi connectivity index (χ3v) is 8.12. The zero-order valence-electron chi connectivity index (χ0n) is 22.0. The van der Waals surface area contributed by atoms with Crippen LogP contribution in [0.25, 0.3) is 0 Å². The highest BCUT2D eigenvalue weighted by Gasteiger charge is 2.39. The lowest BCUT2D eigenvalue weighted by Gasteiger charge is -2.28. The zero-order valence-corrected chi connectivity index (χ0v) is 22.7. The summed E-state index contributed by atoms with van der Waals surface area (Å²) in [4.78, 5) is 15.0. The Morgan fingerprint density at radius 2 is 1.95 bits per heavy atom. The van der Waals surface area contributed by atoms with E-state index in [1.54, 1.807) is 36.1 Å². The van der Waals surface area contributed by atoms with E-state index in [1.807, 2.05) is 43.3 Å². The Balaban J connectivity index is 1.43. The molecule has 1 amide bonds. The molecule has 1 N–H and O–H groups in total. The molecule has 6 heteroatoms. The average molecular weight is 533 g/mol. The van der Waals surface area contributed by atoms with Gasteiger partial charge in [-0.1, -0.05) is 54.1 Å². The quantitative estimate of drug-likeness (QED) is 0.338. The van der Waals surface area contributed by atoms with Gasteiger partial charge in [-0.3, -0.25) is 4.79 Å². The van der Waals surface area contributed by atoms with Gasteiger partial charge in [-0.25, -0.2) is 4.39 Å². The molecule has 0 spiro atoms. The molecule has 1 aliphatic heterocycles. The molecule has 4 rings (SSSR count). The number of aliphatic hydroxyl groups is 1. The molecule has 3 atom stereocenters. The van der Waals surface area contributed by atoms with Crippen molar-refractivity contribution < 1.29 is 14.3 Å². The first-order valence-electron chi connectivity index (χ1n) is 13.2. The number of carbonyl (C=O) groups is 1. The largest absolute Gasteiger partial charge is 0.376 e. The SMILES string of the molecule is Cc1ccc(F)cc1CC(CC[C@H]1CCN(C(=O)[C@@](C)(O)c2ccccc2)C1)Cc1ccc(C#N)c(Cl)c1. The van der Waals surface area contributed by atoms with Gasteiger partial charge in [0.15, 0.2) is 5.60 Å². The van der Waals surface area contributed by atoms with E-state index in [9.17, 15) is 19.6 Å². The Hall–Kier alpha value is -3.20. The first-order valence-corrected chi connectivity index (χ1v) is 13.6. The lowest BCUT2D eigenvalue weighted by molar-refractivity contribution is -0.149. The number of aryl methyl sites for hydroxylation is 1. The maximum Gasteiger partial charge on any atom is 0.258 e. The van der Waals surface area contributed by atoms with Crippen LogP contribution in [-0.4, -0.2) is 29.0 Å². The number of rotatable bonds is 9. The Bertz CT molecular complexity index is 1320. The first kappa shape index (κ1) is 27.8. The predicted molar refractivity (Wildman–Crippen MR) is 148 cm³/mol. The standard InChI is InChI=1S/C32H34ClFN2O2/c1-22-8-13-29(34)19-27(22)17-24(16-25-11-12-26(20-35)30(33)18-25)10-9-23-14-15-36(21-23)31(37)32(2,38)28-6-4-3-5-7-28/h3-8,11-13,18-19,23-24,38H,9-10,14-17,21H2,1-2H3/t23-,24?,32-/m0/s1. The monoisotopic (exact) mass is 532 g/mol. The number of amides is 1. The van der Waals surface area contributed by atoms with Crippen LogP contribution in [0, 0.1) is 35.9 Å². The van der Waals surface area contributed by atoms with E-state index in [2.05, 4.69) is 6.07 Å². The third kappa shape index (κ3) is 6.62. The fraction of sp³-hybridized carbons (Fsp3) is 0.375. The lowest BCUT2D eigenvalue weighted by Crippen LogP contribution is -2.44. The van der Waals surface area contributed by atoms with Crippen LogP contribution < -0.4 is 0 Å². The maximum atomic E-state index is 14.0. The highest BCUT2D eigenvalue weighted by molar-refractivity contribution is 6.31. The van der Waals surface area contributed by atoms with Gasteiger partial charge >= 0.3 is 0 Å². The molecule has 198 valence electrons.